The van der Waals surface area contributed by atoms with Crippen molar-refractivity contribution >= 4 is 30.2 Å². The summed E-state index contributed by atoms with van der Waals surface area (Å²) >= 11 is 4.28. The Kier molecular flexibility index (Phi) is 2.51. The van der Waals surface area contributed by atoms with Crippen molar-refractivity contribution in [2.75, 3.05) is 4.90 Å². The lowest BCUT2D eigenvalue weighted by Crippen LogP contribution is -2.46. The maximum Gasteiger partial charge on any atom is 0.221 e. The third-order valence-electron chi connectivity index (χ3n) is 1.99. The number of guanidine groups is 2. The number of anilines is 1. The van der Waals surface area contributed by atoms with E-state index in [-0.39, 0.29) is 5.96 Å². The molecular formula is C9H11N5S. The Morgan fingerprint density at radius 2 is 1.87 bits per heavy atom. The van der Waals surface area contributed by atoms with Crippen molar-refractivity contribution < 1.29 is 0 Å². The second kappa shape index (κ2) is 3.82. The van der Waals surface area contributed by atoms with Gasteiger partial charge in [0.25, 0.3) is 0 Å². The van der Waals surface area contributed by atoms with Gasteiger partial charge in [-0.15, -0.1) is 12.6 Å². The molecule has 0 spiro atoms. The average Bonchev–Trinajstić information content (AvgIpc) is 2.17. The van der Waals surface area contributed by atoms with Gasteiger partial charge in [0.1, 0.15) is 0 Å². The molecule has 0 saturated heterocycles. The monoisotopic (exact) mass is 221 g/mol. The Labute approximate surface area is 92.9 Å². The minimum atomic E-state index is -0.426. The lowest BCUT2D eigenvalue weighted by atomic mass is 10.3. The van der Waals surface area contributed by atoms with Gasteiger partial charge in [-0.1, -0.05) is 18.2 Å². The maximum atomic E-state index is 5.76. The van der Waals surface area contributed by atoms with E-state index < -0.39 is 5.50 Å². The molecule has 0 fully saturated rings. The fraction of sp³-hybridized carbons (Fsp3) is 0.111. The van der Waals surface area contributed by atoms with Gasteiger partial charge in [-0.2, -0.15) is 4.99 Å². The number of rotatable bonds is 1. The van der Waals surface area contributed by atoms with E-state index >= 15 is 0 Å². The zero-order valence-corrected chi connectivity index (χ0v) is 8.80. The Balaban J connectivity index is 2.36. The van der Waals surface area contributed by atoms with Crippen LogP contribution in [0.1, 0.15) is 0 Å². The van der Waals surface area contributed by atoms with Gasteiger partial charge in [0, 0.05) is 5.69 Å². The summed E-state index contributed by atoms with van der Waals surface area (Å²) in [6, 6.07) is 9.55. The quantitative estimate of drug-likeness (QED) is 0.599. The largest absolute Gasteiger partial charge is 0.369 e. The van der Waals surface area contributed by atoms with Gasteiger partial charge < -0.3 is 11.5 Å². The number of hydrogen-bond acceptors (Lipinski definition) is 6. The number of benzene rings is 1. The van der Waals surface area contributed by atoms with Gasteiger partial charge in [-0.05, 0) is 12.1 Å². The summed E-state index contributed by atoms with van der Waals surface area (Å²) in [7, 11) is 0. The molecule has 0 radical (unpaired) electrons. The standard InChI is InChI=1S/C9H11N5S/c10-7-12-8(11)14(9(15)13-7)6-4-2-1-3-5-6/h1-5,9,15H,(H4,10,11,12,13). The molecule has 4 N–H and O–H groups in total. The predicted octanol–water partition coefficient (Wildman–Crippen LogP) is 0.349. The summed E-state index contributed by atoms with van der Waals surface area (Å²) < 4.78 is 0. The lowest BCUT2D eigenvalue weighted by Gasteiger charge is -2.29. The molecule has 1 aromatic carbocycles. The first-order valence-corrected chi connectivity index (χ1v) is 4.90. The Morgan fingerprint density at radius 1 is 1.20 bits per heavy atom. The van der Waals surface area contributed by atoms with Crippen molar-refractivity contribution in [3.63, 3.8) is 0 Å². The van der Waals surface area contributed by atoms with Crippen molar-refractivity contribution in [2.45, 2.75) is 5.50 Å². The van der Waals surface area contributed by atoms with Gasteiger partial charge >= 0.3 is 0 Å². The topological polar surface area (TPSA) is 80.0 Å². The molecule has 1 unspecified atom stereocenters. The molecule has 78 valence electrons. The first-order chi connectivity index (χ1) is 7.18. The number of thiol groups is 1. The Morgan fingerprint density at radius 3 is 2.47 bits per heavy atom. The number of hydrogen-bond donors (Lipinski definition) is 3. The van der Waals surface area contributed by atoms with E-state index in [0.717, 1.165) is 5.69 Å². The van der Waals surface area contributed by atoms with Crippen LogP contribution in [0.5, 0.6) is 0 Å². The van der Waals surface area contributed by atoms with Crippen LogP contribution in [-0.2, 0) is 0 Å². The molecule has 0 amide bonds. The third-order valence-corrected chi connectivity index (χ3v) is 2.34. The van der Waals surface area contributed by atoms with E-state index in [9.17, 15) is 0 Å². The fourth-order valence-electron chi connectivity index (χ4n) is 1.35. The summed E-state index contributed by atoms with van der Waals surface area (Å²) in [5, 5.41) is 0. The molecule has 1 heterocycles. The van der Waals surface area contributed by atoms with Gasteiger partial charge in [-0.25, -0.2) is 4.99 Å². The van der Waals surface area contributed by atoms with Gasteiger partial charge in [0.15, 0.2) is 5.50 Å². The van der Waals surface area contributed by atoms with Crippen molar-refractivity contribution in [1.82, 2.24) is 0 Å². The highest BCUT2D eigenvalue weighted by Gasteiger charge is 2.22. The van der Waals surface area contributed by atoms with Gasteiger partial charge in [0.05, 0.1) is 0 Å². The Hall–Kier alpha value is -1.69. The zero-order valence-electron chi connectivity index (χ0n) is 7.91. The first kappa shape index (κ1) is 9.85. The first-order valence-electron chi connectivity index (χ1n) is 4.38. The number of para-hydroxylation sites is 1. The second-order valence-corrected chi connectivity index (χ2v) is 3.47. The van der Waals surface area contributed by atoms with Crippen LogP contribution < -0.4 is 16.4 Å². The molecule has 0 saturated carbocycles. The molecule has 0 bridgehead atoms. The van der Waals surface area contributed by atoms with E-state index in [1.165, 1.54) is 0 Å². The normalized spacial score (nSPS) is 20.9. The van der Waals surface area contributed by atoms with Crippen molar-refractivity contribution in [2.24, 2.45) is 21.5 Å². The molecule has 6 heteroatoms. The number of aliphatic imine (C=N–C) groups is 2. The van der Waals surface area contributed by atoms with Crippen molar-refractivity contribution in [1.29, 1.82) is 0 Å². The smallest absolute Gasteiger partial charge is 0.221 e. The van der Waals surface area contributed by atoms with Crippen LogP contribution in [0.2, 0.25) is 0 Å². The second-order valence-electron chi connectivity index (χ2n) is 3.01. The predicted molar refractivity (Wildman–Crippen MR) is 64.9 cm³/mol. The van der Waals surface area contributed by atoms with Crippen LogP contribution in [0.4, 0.5) is 5.69 Å². The molecule has 1 aliphatic rings. The van der Waals surface area contributed by atoms with Crippen LogP contribution in [0.15, 0.2) is 40.3 Å². The summed E-state index contributed by atoms with van der Waals surface area (Å²) in [6.07, 6.45) is 0. The van der Waals surface area contributed by atoms with Crippen LogP contribution >= 0.6 is 12.6 Å². The van der Waals surface area contributed by atoms with E-state index in [0.29, 0.717) is 5.96 Å². The average molecular weight is 221 g/mol. The number of nitrogens with zero attached hydrogens (tertiary/aromatic N) is 3. The molecule has 0 aromatic heterocycles. The zero-order chi connectivity index (χ0) is 10.8. The minimum Gasteiger partial charge on any atom is -0.369 e. The fourth-order valence-corrected chi connectivity index (χ4v) is 1.72. The molecule has 1 aliphatic heterocycles. The molecule has 2 rings (SSSR count). The third kappa shape index (κ3) is 1.89. The van der Waals surface area contributed by atoms with E-state index in [1.807, 2.05) is 30.3 Å². The van der Waals surface area contributed by atoms with E-state index in [4.69, 9.17) is 11.5 Å². The summed E-state index contributed by atoms with van der Waals surface area (Å²) in [5.74, 6) is 0.452. The molecule has 1 aromatic rings. The SMILES string of the molecule is NC1=NC(S)N(c2ccccc2)C(N)=N1. The van der Waals surface area contributed by atoms with E-state index in [1.54, 1.807) is 4.90 Å². The van der Waals surface area contributed by atoms with Crippen LogP contribution in [0.3, 0.4) is 0 Å². The highest BCUT2D eigenvalue weighted by Crippen LogP contribution is 2.20. The van der Waals surface area contributed by atoms with Crippen molar-refractivity contribution in [3.8, 4) is 0 Å². The van der Waals surface area contributed by atoms with Crippen LogP contribution in [0.25, 0.3) is 0 Å². The minimum absolute atomic E-state index is 0.152. The molecule has 1 atom stereocenters. The van der Waals surface area contributed by atoms with Crippen LogP contribution in [-0.4, -0.2) is 17.4 Å². The number of nitrogens with two attached hydrogens (primary N) is 2. The summed E-state index contributed by atoms with van der Waals surface area (Å²) in [5.41, 5.74) is 11.7. The lowest BCUT2D eigenvalue weighted by molar-refractivity contribution is 0.915. The van der Waals surface area contributed by atoms with Gasteiger partial charge in [-0.3, -0.25) is 4.90 Å². The Bertz CT molecular complexity index is 414. The summed E-state index contributed by atoms with van der Waals surface area (Å²) in [4.78, 5) is 9.59. The van der Waals surface area contributed by atoms with Crippen LogP contribution in [0, 0.1) is 0 Å². The molecule has 0 aliphatic carbocycles. The van der Waals surface area contributed by atoms with Crippen molar-refractivity contribution in [3.05, 3.63) is 30.3 Å². The molecular weight excluding hydrogens is 210 g/mol. The van der Waals surface area contributed by atoms with E-state index in [2.05, 4.69) is 22.6 Å². The summed E-state index contributed by atoms with van der Waals surface area (Å²) in [6.45, 7) is 0. The van der Waals surface area contributed by atoms with Gasteiger partial charge in [0.2, 0.25) is 11.9 Å². The molecule has 15 heavy (non-hydrogen) atoms. The maximum absolute atomic E-state index is 5.76. The highest BCUT2D eigenvalue weighted by atomic mass is 32.1. The highest BCUT2D eigenvalue weighted by molar-refractivity contribution is 7.81. The molecule has 5 nitrogen and oxygen atoms in total.